The second-order valence-electron chi connectivity index (χ2n) is 5.84. The first-order valence-electron chi connectivity index (χ1n) is 7.38. The fourth-order valence-electron chi connectivity index (χ4n) is 2.64. The molecule has 0 spiro atoms. The van der Waals surface area contributed by atoms with Crippen LogP contribution in [-0.2, 0) is 9.59 Å². The number of carbonyl (C=O) groups is 2. The molecule has 0 aromatic carbocycles. The lowest BCUT2D eigenvalue weighted by molar-refractivity contribution is -0.143. The Labute approximate surface area is 114 Å². The number of nitrogens with one attached hydrogen (secondary N) is 2. The van der Waals surface area contributed by atoms with Gasteiger partial charge in [0.25, 0.3) is 0 Å². The number of carboxylic acid groups (broad SMARTS) is 1. The summed E-state index contributed by atoms with van der Waals surface area (Å²) in [5.74, 6) is -0.284. The number of aliphatic carboxylic acids is 1. The minimum Gasteiger partial charge on any atom is -0.481 e. The molecule has 0 unspecified atom stereocenters. The van der Waals surface area contributed by atoms with Gasteiger partial charge in [-0.2, -0.15) is 0 Å². The lowest BCUT2D eigenvalue weighted by Gasteiger charge is -2.26. The minimum atomic E-state index is -0.673. The van der Waals surface area contributed by atoms with Gasteiger partial charge in [-0.05, 0) is 44.4 Å². The lowest BCUT2D eigenvalue weighted by atomic mass is 9.82. The molecule has 0 aliphatic heterocycles. The van der Waals surface area contributed by atoms with Gasteiger partial charge in [0.05, 0.1) is 5.92 Å². The molecule has 0 aromatic heterocycles. The van der Waals surface area contributed by atoms with Gasteiger partial charge >= 0.3 is 5.97 Å². The maximum atomic E-state index is 11.6. The first-order valence-corrected chi connectivity index (χ1v) is 7.38. The Bertz CT molecular complexity index is 321. The predicted molar refractivity (Wildman–Crippen MR) is 71.7 cm³/mol. The molecule has 2 aliphatic carbocycles. The highest BCUT2D eigenvalue weighted by Gasteiger charge is 2.26. The molecular weight excluding hydrogens is 244 g/mol. The van der Waals surface area contributed by atoms with E-state index in [4.69, 9.17) is 5.11 Å². The van der Waals surface area contributed by atoms with Gasteiger partial charge < -0.3 is 15.7 Å². The molecular formula is C14H24N2O3. The average molecular weight is 268 g/mol. The Kier molecular flexibility index (Phi) is 5.19. The van der Waals surface area contributed by atoms with Gasteiger partial charge in [-0.1, -0.05) is 0 Å². The van der Waals surface area contributed by atoms with Gasteiger partial charge in [-0.3, -0.25) is 9.59 Å². The van der Waals surface area contributed by atoms with Gasteiger partial charge in [0.15, 0.2) is 0 Å². The summed E-state index contributed by atoms with van der Waals surface area (Å²) in [5.41, 5.74) is 0. The molecule has 0 saturated heterocycles. The number of amides is 1. The molecule has 0 aromatic rings. The first-order chi connectivity index (χ1) is 9.15. The van der Waals surface area contributed by atoms with Crippen LogP contribution in [0.25, 0.3) is 0 Å². The Hall–Kier alpha value is -1.10. The van der Waals surface area contributed by atoms with Gasteiger partial charge in [0.2, 0.25) is 5.91 Å². The van der Waals surface area contributed by atoms with E-state index in [1.54, 1.807) is 0 Å². The SMILES string of the molecule is O=C(CCNC1CC1)NCC1CCC(C(=O)O)CC1. The van der Waals surface area contributed by atoms with E-state index < -0.39 is 5.97 Å². The van der Waals surface area contributed by atoms with Crippen molar-refractivity contribution in [2.75, 3.05) is 13.1 Å². The molecule has 0 atom stereocenters. The molecule has 2 fully saturated rings. The largest absolute Gasteiger partial charge is 0.481 e. The number of carboxylic acids is 1. The fraction of sp³-hybridized carbons (Fsp3) is 0.857. The molecule has 19 heavy (non-hydrogen) atoms. The molecule has 2 rings (SSSR count). The number of rotatable bonds is 7. The Morgan fingerprint density at radius 1 is 1.05 bits per heavy atom. The van der Waals surface area contributed by atoms with Crippen molar-refractivity contribution in [3.63, 3.8) is 0 Å². The molecule has 0 bridgehead atoms. The van der Waals surface area contributed by atoms with Crippen molar-refractivity contribution in [1.82, 2.24) is 10.6 Å². The van der Waals surface area contributed by atoms with E-state index in [1.165, 1.54) is 12.8 Å². The first kappa shape index (κ1) is 14.3. The van der Waals surface area contributed by atoms with Crippen LogP contribution in [0.1, 0.15) is 44.9 Å². The third-order valence-corrected chi connectivity index (χ3v) is 4.15. The molecule has 5 heteroatoms. The number of hydrogen-bond acceptors (Lipinski definition) is 3. The lowest BCUT2D eigenvalue weighted by Crippen LogP contribution is -2.34. The van der Waals surface area contributed by atoms with Crippen molar-refractivity contribution in [2.24, 2.45) is 11.8 Å². The summed E-state index contributed by atoms with van der Waals surface area (Å²) in [5, 5.41) is 15.2. The van der Waals surface area contributed by atoms with Crippen molar-refractivity contribution < 1.29 is 14.7 Å². The zero-order valence-electron chi connectivity index (χ0n) is 11.4. The highest BCUT2D eigenvalue weighted by molar-refractivity contribution is 5.76. The van der Waals surface area contributed by atoms with E-state index in [-0.39, 0.29) is 11.8 Å². The Morgan fingerprint density at radius 2 is 1.74 bits per heavy atom. The zero-order chi connectivity index (χ0) is 13.7. The fourth-order valence-corrected chi connectivity index (χ4v) is 2.64. The van der Waals surface area contributed by atoms with E-state index in [9.17, 15) is 9.59 Å². The standard InChI is InChI=1S/C14H24N2O3/c17-13(7-8-15-12-5-6-12)16-9-10-1-3-11(4-2-10)14(18)19/h10-12,15H,1-9H2,(H,16,17)(H,18,19). The normalized spacial score (nSPS) is 26.9. The van der Waals surface area contributed by atoms with Crippen molar-refractivity contribution in [3.8, 4) is 0 Å². The van der Waals surface area contributed by atoms with Crippen molar-refractivity contribution >= 4 is 11.9 Å². The number of carbonyl (C=O) groups excluding carboxylic acids is 1. The van der Waals surface area contributed by atoms with Gasteiger partial charge in [-0.15, -0.1) is 0 Å². The number of hydrogen-bond donors (Lipinski definition) is 3. The summed E-state index contributed by atoms with van der Waals surface area (Å²) in [4.78, 5) is 22.4. The zero-order valence-corrected chi connectivity index (χ0v) is 11.4. The van der Waals surface area contributed by atoms with Crippen LogP contribution < -0.4 is 10.6 Å². The van der Waals surface area contributed by atoms with Gasteiger partial charge in [0, 0.05) is 25.6 Å². The van der Waals surface area contributed by atoms with E-state index in [0.717, 1.165) is 32.2 Å². The molecule has 3 N–H and O–H groups in total. The Morgan fingerprint density at radius 3 is 2.32 bits per heavy atom. The Balaban J connectivity index is 1.52. The average Bonchev–Trinajstić information content (AvgIpc) is 3.21. The van der Waals surface area contributed by atoms with E-state index >= 15 is 0 Å². The molecule has 2 saturated carbocycles. The smallest absolute Gasteiger partial charge is 0.306 e. The third-order valence-electron chi connectivity index (χ3n) is 4.15. The van der Waals surface area contributed by atoms with Crippen LogP contribution in [0, 0.1) is 11.8 Å². The summed E-state index contributed by atoms with van der Waals surface area (Å²) in [6.45, 7) is 1.47. The highest BCUT2D eigenvalue weighted by Crippen LogP contribution is 2.28. The van der Waals surface area contributed by atoms with Crippen LogP contribution in [0.5, 0.6) is 0 Å². The molecule has 1 amide bonds. The molecule has 0 heterocycles. The summed E-state index contributed by atoms with van der Waals surface area (Å²) in [6.07, 6.45) is 6.36. The van der Waals surface area contributed by atoms with Crippen LogP contribution in [0.15, 0.2) is 0 Å². The molecule has 0 radical (unpaired) electrons. The highest BCUT2D eigenvalue weighted by atomic mass is 16.4. The molecule has 108 valence electrons. The van der Waals surface area contributed by atoms with Crippen LogP contribution in [0.2, 0.25) is 0 Å². The van der Waals surface area contributed by atoms with Gasteiger partial charge in [-0.25, -0.2) is 0 Å². The summed E-state index contributed by atoms with van der Waals surface area (Å²) < 4.78 is 0. The second-order valence-corrected chi connectivity index (χ2v) is 5.84. The van der Waals surface area contributed by atoms with E-state index in [1.807, 2.05) is 0 Å². The quantitative estimate of drug-likeness (QED) is 0.647. The second kappa shape index (κ2) is 6.89. The molecule has 2 aliphatic rings. The van der Waals surface area contributed by atoms with Crippen LogP contribution in [0.3, 0.4) is 0 Å². The monoisotopic (exact) mass is 268 g/mol. The summed E-state index contributed by atoms with van der Waals surface area (Å²) in [6, 6.07) is 0.652. The molecule has 5 nitrogen and oxygen atoms in total. The third kappa shape index (κ3) is 5.19. The summed E-state index contributed by atoms with van der Waals surface area (Å²) >= 11 is 0. The van der Waals surface area contributed by atoms with E-state index in [2.05, 4.69) is 10.6 Å². The maximum Gasteiger partial charge on any atom is 0.306 e. The van der Waals surface area contributed by atoms with Crippen LogP contribution >= 0.6 is 0 Å². The van der Waals surface area contributed by atoms with Gasteiger partial charge in [0.1, 0.15) is 0 Å². The van der Waals surface area contributed by atoms with Crippen LogP contribution in [0.4, 0.5) is 0 Å². The van der Waals surface area contributed by atoms with E-state index in [0.29, 0.717) is 24.9 Å². The van der Waals surface area contributed by atoms with Crippen molar-refractivity contribution in [1.29, 1.82) is 0 Å². The maximum absolute atomic E-state index is 11.6. The van der Waals surface area contributed by atoms with Crippen molar-refractivity contribution in [3.05, 3.63) is 0 Å². The topological polar surface area (TPSA) is 78.4 Å². The minimum absolute atomic E-state index is 0.105. The summed E-state index contributed by atoms with van der Waals surface area (Å²) in [7, 11) is 0. The van der Waals surface area contributed by atoms with Crippen LogP contribution in [-0.4, -0.2) is 36.1 Å². The predicted octanol–water partition coefficient (Wildman–Crippen LogP) is 1.14. The van der Waals surface area contributed by atoms with Crippen molar-refractivity contribution in [2.45, 2.75) is 51.0 Å².